The van der Waals surface area contributed by atoms with Crippen molar-refractivity contribution in [3.63, 3.8) is 0 Å². The predicted molar refractivity (Wildman–Crippen MR) is 60.3 cm³/mol. The van der Waals surface area contributed by atoms with Gasteiger partial charge in [-0.1, -0.05) is 13.0 Å². The van der Waals surface area contributed by atoms with Gasteiger partial charge in [0.1, 0.15) is 0 Å². The molecule has 0 fully saturated rings. The van der Waals surface area contributed by atoms with E-state index in [1.807, 2.05) is 6.92 Å². The van der Waals surface area contributed by atoms with E-state index in [0.29, 0.717) is 0 Å². The number of fused-ring (bicyclic) bond motifs is 1. The summed E-state index contributed by atoms with van der Waals surface area (Å²) in [6.07, 6.45) is 1.08. The maximum Gasteiger partial charge on any atom is 0.0456 e. The van der Waals surface area contributed by atoms with Crippen molar-refractivity contribution in [2.45, 2.75) is 26.3 Å². The molecule has 3 N–H and O–H groups in total. The van der Waals surface area contributed by atoms with Crippen LogP contribution < -0.4 is 5.73 Å². The number of aromatic nitrogens is 1. The quantitative estimate of drug-likeness (QED) is 0.747. The highest BCUT2D eigenvalue weighted by Crippen LogP contribution is 2.20. The minimum atomic E-state index is 0.0764. The molecule has 74 valence electrons. The Hall–Kier alpha value is -1.28. The molecule has 0 saturated carbocycles. The van der Waals surface area contributed by atoms with Gasteiger partial charge in [-0.3, -0.25) is 0 Å². The summed E-state index contributed by atoms with van der Waals surface area (Å²) >= 11 is 0. The van der Waals surface area contributed by atoms with Crippen molar-refractivity contribution in [3.8, 4) is 0 Å². The summed E-state index contributed by atoms with van der Waals surface area (Å²) in [4.78, 5) is 3.32. The molecule has 0 radical (unpaired) electrons. The molecule has 2 nitrogen and oxygen atoms in total. The molecule has 14 heavy (non-hydrogen) atoms. The van der Waals surface area contributed by atoms with Crippen molar-refractivity contribution in [1.82, 2.24) is 4.98 Å². The maximum atomic E-state index is 5.82. The number of hydrogen-bond donors (Lipinski definition) is 2. The summed E-state index contributed by atoms with van der Waals surface area (Å²) in [6.45, 7) is 4.16. The van der Waals surface area contributed by atoms with Crippen molar-refractivity contribution in [2.75, 3.05) is 0 Å². The number of hydrogen-bond acceptors (Lipinski definition) is 1. The molecule has 2 aromatic rings. The number of H-pyrrole nitrogens is 1. The van der Waals surface area contributed by atoms with E-state index in [4.69, 9.17) is 5.73 Å². The highest BCUT2D eigenvalue weighted by molar-refractivity contribution is 5.81. The van der Waals surface area contributed by atoms with E-state index in [-0.39, 0.29) is 6.04 Å². The van der Waals surface area contributed by atoms with Crippen molar-refractivity contribution in [1.29, 1.82) is 0 Å². The summed E-state index contributed by atoms with van der Waals surface area (Å²) in [5, 5.41) is 1.26. The Bertz CT molecular complexity index is 441. The minimum Gasteiger partial charge on any atom is -0.357 e. The summed E-state index contributed by atoms with van der Waals surface area (Å²) in [5.74, 6) is 0. The van der Waals surface area contributed by atoms with Gasteiger partial charge in [0.15, 0.2) is 0 Å². The molecule has 0 aliphatic rings. The van der Waals surface area contributed by atoms with E-state index in [0.717, 1.165) is 12.1 Å². The molecule has 1 heterocycles. The molecule has 0 spiro atoms. The van der Waals surface area contributed by atoms with Gasteiger partial charge in [0.2, 0.25) is 0 Å². The third kappa shape index (κ3) is 1.53. The van der Waals surface area contributed by atoms with Crippen LogP contribution in [0.3, 0.4) is 0 Å². The first-order valence-corrected chi connectivity index (χ1v) is 5.08. The van der Waals surface area contributed by atoms with Crippen LogP contribution in [0.1, 0.15) is 31.1 Å². The topological polar surface area (TPSA) is 41.8 Å². The molecule has 0 aliphatic carbocycles. The van der Waals surface area contributed by atoms with Crippen molar-refractivity contribution < 1.29 is 0 Å². The minimum absolute atomic E-state index is 0.0764. The Morgan fingerprint density at radius 3 is 2.79 bits per heavy atom. The molecular formula is C12H16N2. The van der Waals surface area contributed by atoms with E-state index in [2.05, 4.69) is 36.2 Å². The summed E-state index contributed by atoms with van der Waals surface area (Å²) in [5.41, 5.74) is 9.47. The molecular weight excluding hydrogens is 172 g/mol. The highest BCUT2D eigenvalue weighted by atomic mass is 14.8. The molecule has 1 unspecified atom stereocenters. The Labute approximate surface area is 84.1 Å². The van der Waals surface area contributed by atoms with Gasteiger partial charge >= 0.3 is 0 Å². The maximum absolute atomic E-state index is 5.82. The summed E-state index contributed by atoms with van der Waals surface area (Å²) in [7, 11) is 0. The van der Waals surface area contributed by atoms with Crippen molar-refractivity contribution in [2.24, 2.45) is 5.73 Å². The zero-order valence-electron chi connectivity index (χ0n) is 8.67. The fourth-order valence-corrected chi connectivity index (χ4v) is 1.67. The number of benzene rings is 1. The molecule has 0 bridgehead atoms. The van der Waals surface area contributed by atoms with Crippen LogP contribution in [0.15, 0.2) is 24.3 Å². The number of aryl methyl sites for hydroxylation is 1. The van der Waals surface area contributed by atoms with Crippen LogP contribution in [-0.2, 0) is 6.42 Å². The first kappa shape index (κ1) is 9.28. The van der Waals surface area contributed by atoms with Gasteiger partial charge < -0.3 is 10.7 Å². The number of nitrogens with one attached hydrogen (secondary N) is 1. The van der Waals surface area contributed by atoms with Gasteiger partial charge in [-0.05, 0) is 42.5 Å². The van der Waals surface area contributed by atoms with Gasteiger partial charge in [-0.25, -0.2) is 0 Å². The Balaban J connectivity index is 2.54. The van der Waals surface area contributed by atoms with Gasteiger partial charge in [-0.2, -0.15) is 0 Å². The van der Waals surface area contributed by atoms with Crippen LogP contribution in [-0.4, -0.2) is 4.98 Å². The smallest absolute Gasteiger partial charge is 0.0456 e. The molecule has 2 rings (SSSR count). The average Bonchev–Trinajstić information content (AvgIpc) is 2.59. The zero-order chi connectivity index (χ0) is 10.1. The normalized spacial score (nSPS) is 13.4. The molecule has 0 aliphatic heterocycles. The second-order valence-electron chi connectivity index (χ2n) is 3.79. The van der Waals surface area contributed by atoms with Crippen LogP contribution in [0.25, 0.3) is 10.9 Å². The van der Waals surface area contributed by atoms with E-state index in [1.54, 1.807) is 0 Å². The lowest BCUT2D eigenvalue weighted by Crippen LogP contribution is -2.04. The fraction of sp³-hybridized carbons (Fsp3) is 0.333. The third-order valence-corrected chi connectivity index (χ3v) is 2.60. The Morgan fingerprint density at radius 2 is 2.14 bits per heavy atom. The zero-order valence-corrected chi connectivity index (χ0v) is 8.67. The first-order chi connectivity index (χ1) is 6.70. The monoisotopic (exact) mass is 188 g/mol. The molecule has 0 saturated heterocycles. The van der Waals surface area contributed by atoms with Gasteiger partial charge in [0.05, 0.1) is 0 Å². The van der Waals surface area contributed by atoms with Crippen LogP contribution in [0.4, 0.5) is 0 Å². The SMILES string of the molecule is CCc1ccc2[nH]c(C(C)N)cc2c1. The third-order valence-electron chi connectivity index (χ3n) is 2.60. The van der Waals surface area contributed by atoms with Crippen molar-refractivity contribution in [3.05, 3.63) is 35.5 Å². The predicted octanol–water partition coefficient (Wildman–Crippen LogP) is 2.75. The van der Waals surface area contributed by atoms with Crippen molar-refractivity contribution >= 4 is 10.9 Å². The number of rotatable bonds is 2. The van der Waals surface area contributed by atoms with Gasteiger partial charge in [-0.15, -0.1) is 0 Å². The van der Waals surface area contributed by atoms with E-state index >= 15 is 0 Å². The molecule has 1 atom stereocenters. The average molecular weight is 188 g/mol. The molecule has 0 amide bonds. The second kappa shape index (κ2) is 3.46. The second-order valence-corrected chi connectivity index (χ2v) is 3.79. The Morgan fingerprint density at radius 1 is 1.36 bits per heavy atom. The number of aromatic amines is 1. The lowest BCUT2D eigenvalue weighted by molar-refractivity contribution is 0.792. The molecule has 2 heteroatoms. The number of nitrogens with two attached hydrogens (primary N) is 1. The van der Waals surface area contributed by atoms with Crippen LogP contribution >= 0.6 is 0 Å². The largest absolute Gasteiger partial charge is 0.357 e. The van der Waals surface area contributed by atoms with Crippen LogP contribution in [0, 0.1) is 0 Å². The lowest BCUT2D eigenvalue weighted by Gasteiger charge is -1.98. The lowest BCUT2D eigenvalue weighted by atomic mass is 10.1. The van der Waals surface area contributed by atoms with Crippen LogP contribution in [0.2, 0.25) is 0 Å². The summed E-state index contributed by atoms with van der Waals surface area (Å²) in [6, 6.07) is 8.72. The Kier molecular flexibility index (Phi) is 2.30. The van der Waals surface area contributed by atoms with Gasteiger partial charge in [0, 0.05) is 17.3 Å². The fourth-order valence-electron chi connectivity index (χ4n) is 1.67. The molecule has 1 aromatic heterocycles. The van der Waals surface area contributed by atoms with E-state index < -0.39 is 0 Å². The first-order valence-electron chi connectivity index (χ1n) is 5.08. The molecule has 1 aromatic carbocycles. The van der Waals surface area contributed by atoms with E-state index in [9.17, 15) is 0 Å². The highest BCUT2D eigenvalue weighted by Gasteiger charge is 2.04. The van der Waals surface area contributed by atoms with E-state index in [1.165, 1.54) is 16.5 Å². The van der Waals surface area contributed by atoms with Gasteiger partial charge in [0.25, 0.3) is 0 Å². The summed E-state index contributed by atoms with van der Waals surface area (Å²) < 4.78 is 0. The van der Waals surface area contributed by atoms with Crippen LogP contribution in [0.5, 0.6) is 0 Å². The standard InChI is InChI=1S/C12H16N2/c1-3-9-4-5-11-10(6-9)7-12(14-11)8(2)13/h4-8,14H,3,13H2,1-2H3.